The summed E-state index contributed by atoms with van der Waals surface area (Å²) in [7, 11) is 1.26. The minimum Gasteiger partial charge on any atom is -0.467 e. The summed E-state index contributed by atoms with van der Waals surface area (Å²) >= 11 is 0. The molecule has 0 aromatic carbocycles. The van der Waals surface area contributed by atoms with Crippen LogP contribution in [0, 0.1) is 16.0 Å². The van der Waals surface area contributed by atoms with Crippen molar-refractivity contribution in [3.8, 4) is 0 Å². The topological polar surface area (TPSA) is 116 Å². The minimum atomic E-state index is -0.709. The van der Waals surface area contributed by atoms with E-state index in [1.165, 1.54) is 24.2 Å². The highest BCUT2D eigenvalue weighted by molar-refractivity contribution is 5.84. The van der Waals surface area contributed by atoms with Crippen molar-refractivity contribution in [1.82, 2.24) is 14.9 Å². The van der Waals surface area contributed by atoms with Crippen LogP contribution in [0.5, 0.6) is 0 Å². The number of nitro groups is 1. The van der Waals surface area contributed by atoms with Crippen LogP contribution >= 0.6 is 0 Å². The number of hydrogen-bond acceptors (Lipinski definition) is 6. The lowest BCUT2D eigenvalue weighted by atomic mass is 10.0. The number of aromatic nitrogens is 2. The standard InChI is InChI=1S/C12H18N4O5/c1-8(2)11(12(18)21-3)14-10(17)4-5-15-6-9(13-7-15)16(19)20/h6-8,11H,4-5H2,1-3H3,(H,14,17). The number of aryl methyl sites for hydroxylation is 1. The summed E-state index contributed by atoms with van der Waals surface area (Å²) in [6.07, 6.45) is 2.60. The lowest BCUT2D eigenvalue weighted by Crippen LogP contribution is -2.45. The first kappa shape index (κ1) is 16.6. The molecule has 1 aromatic heterocycles. The Hall–Kier alpha value is -2.45. The predicted octanol–water partition coefficient (Wildman–Crippen LogP) is 0.495. The molecule has 1 atom stereocenters. The van der Waals surface area contributed by atoms with Gasteiger partial charge in [0, 0.05) is 13.0 Å². The lowest BCUT2D eigenvalue weighted by molar-refractivity contribution is -0.389. The molecule has 0 radical (unpaired) electrons. The highest BCUT2D eigenvalue weighted by Crippen LogP contribution is 2.07. The Bertz CT molecular complexity index is 525. The second kappa shape index (κ2) is 7.36. The molecular formula is C12H18N4O5. The van der Waals surface area contributed by atoms with Crippen molar-refractivity contribution in [2.24, 2.45) is 5.92 Å². The molecule has 0 aliphatic heterocycles. The van der Waals surface area contributed by atoms with Crippen LogP contribution in [-0.4, -0.2) is 39.5 Å². The molecule has 1 N–H and O–H groups in total. The van der Waals surface area contributed by atoms with Crippen LogP contribution in [0.2, 0.25) is 0 Å². The Labute approximate surface area is 121 Å². The summed E-state index contributed by atoms with van der Waals surface area (Å²) in [5, 5.41) is 13.1. The van der Waals surface area contributed by atoms with Gasteiger partial charge in [-0.05, 0) is 15.8 Å². The largest absolute Gasteiger partial charge is 0.467 e. The molecule has 1 rings (SSSR count). The number of imidazole rings is 1. The van der Waals surface area contributed by atoms with Gasteiger partial charge < -0.3 is 24.7 Å². The average Bonchev–Trinajstić information content (AvgIpc) is 2.90. The zero-order valence-electron chi connectivity index (χ0n) is 12.1. The molecular weight excluding hydrogens is 280 g/mol. The predicted molar refractivity (Wildman–Crippen MR) is 72.3 cm³/mol. The molecule has 1 unspecified atom stereocenters. The van der Waals surface area contributed by atoms with Crippen LogP contribution in [0.3, 0.4) is 0 Å². The van der Waals surface area contributed by atoms with Crippen LogP contribution < -0.4 is 5.32 Å². The van der Waals surface area contributed by atoms with Crippen molar-refractivity contribution in [2.45, 2.75) is 32.9 Å². The third-order valence-corrected chi connectivity index (χ3v) is 2.84. The van der Waals surface area contributed by atoms with Crippen LogP contribution in [-0.2, 0) is 20.9 Å². The third-order valence-electron chi connectivity index (χ3n) is 2.84. The van der Waals surface area contributed by atoms with Crippen LogP contribution in [0.15, 0.2) is 12.5 Å². The zero-order valence-corrected chi connectivity index (χ0v) is 12.1. The van der Waals surface area contributed by atoms with Crippen LogP contribution in [0.25, 0.3) is 0 Å². The van der Waals surface area contributed by atoms with E-state index in [9.17, 15) is 19.7 Å². The molecule has 0 fully saturated rings. The fourth-order valence-electron chi connectivity index (χ4n) is 1.67. The van der Waals surface area contributed by atoms with E-state index in [1.54, 1.807) is 13.8 Å². The van der Waals surface area contributed by atoms with Crippen molar-refractivity contribution < 1.29 is 19.2 Å². The number of carbonyl (C=O) groups is 2. The number of esters is 1. The van der Waals surface area contributed by atoms with E-state index in [-0.39, 0.29) is 30.6 Å². The van der Waals surface area contributed by atoms with Gasteiger partial charge in [-0.25, -0.2) is 4.79 Å². The van der Waals surface area contributed by atoms with Gasteiger partial charge in [-0.1, -0.05) is 13.8 Å². The van der Waals surface area contributed by atoms with Gasteiger partial charge in [-0.3, -0.25) is 4.79 Å². The maximum absolute atomic E-state index is 11.8. The maximum atomic E-state index is 11.8. The highest BCUT2D eigenvalue weighted by Gasteiger charge is 2.24. The quantitative estimate of drug-likeness (QED) is 0.445. The first-order chi connectivity index (χ1) is 9.85. The number of nitrogens with zero attached hydrogens (tertiary/aromatic N) is 3. The van der Waals surface area contributed by atoms with Crippen LogP contribution in [0.1, 0.15) is 20.3 Å². The summed E-state index contributed by atoms with van der Waals surface area (Å²) < 4.78 is 6.07. The number of carbonyl (C=O) groups excluding carboxylic acids is 2. The number of rotatable bonds is 7. The van der Waals surface area contributed by atoms with Crippen molar-refractivity contribution >= 4 is 17.7 Å². The van der Waals surface area contributed by atoms with Gasteiger partial charge in [0.1, 0.15) is 12.2 Å². The van der Waals surface area contributed by atoms with Gasteiger partial charge in [0.2, 0.25) is 12.2 Å². The molecule has 0 saturated heterocycles. The summed E-state index contributed by atoms with van der Waals surface area (Å²) in [5.41, 5.74) is 0. The molecule has 0 spiro atoms. The molecule has 9 heteroatoms. The monoisotopic (exact) mass is 298 g/mol. The van der Waals surface area contributed by atoms with E-state index >= 15 is 0 Å². The van der Waals surface area contributed by atoms with Gasteiger partial charge in [-0.2, -0.15) is 0 Å². The molecule has 1 amide bonds. The van der Waals surface area contributed by atoms with E-state index in [1.807, 2.05) is 0 Å². The number of amides is 1. The first-order valence-electron chi connectivity index (χ1n) is 6.38. The van der Waals surface area contributed by atoms with Gasteiger partial charge in [-0.15, -0.1) is 0 Å². The Balaban J connectivity index is 2.52. The van der Waals surface area contributed by atoms with Crippen molar-refractivity contribution in [2.75, 3.05) is 7.11 Å². The van der Waals surface area contributed by atoms with E-state index < -0.39 is 16.9 Å². The normalized spacial score (nSPS) is 12.0. The molecule has 1 aromatic rings. The lowest BCUT2D eigenvalue weighted by Gasteiger charge is -2.19. The number of ether oxygens (including phenoxy) is 1. The Kier molecular flexibility index (Phi) is 5.82. The van der Waals surface area contributed by atoms with Crippen LogP contribution in [0.4, 0.5) is 5.82 Å². The minimum absolute atomic E-state index is 0.0771. The molecule has 0 aliphatic rings. The second-order valence-corrected chi connectivity index (χ2v) is 4.79. The Morgan fingerprint density at radius 3 is 2.67 bits per heavy atom. The van der Waals surface area contributed by atoms with E-state index in [4.69, 9.17) is 0 Å². The van der Waals surface area contributed by atoms with Crippen molar-refractivity contribution in [3.63, 3.8) is 0 Å². The summed E-state index contributed by atoms with van der Waals surface area (Å²) in [6.45, 7) is 3.82. The summed E-state index contributed by atoms with van der Waals surface area (Å²) in [5.74, 6) is -1.21. The molecule has 1 heterocycles. The van der Waals surface area contributed by atoms with E-state index in [0.717, 1.165) is 0 Å². The van der Waals surface area contributed by atoms with Crippen molar-refractivity contribution in [1.29, 1.82) is 0 Å². The number of nitrogens with one attached hydrogen (secondary N) is 1. The first-order valence-corrected chi connectivity index (χ1v) is 6.38. The van der Waals surface area contributed by atoms with Gasteiger partial charge >= 0.3 is 11.8 Å². The molecule has 0 bridgehead atoms. The van der Waals surface area contributed by atoms with Gasteiger partial charge in [0.05, 0.1) is 7.11 Å². The Morgan fingerprint density at radius 1 is 1.52 bits per heavy atom. The fourth-order valence-corrected chi connectivity index (χ4v) is 1.67. The summed E-state index contributed by atoms with van der Waals surface area (Å²) in [4.78, 5) is 36.8. The molecule has 116 valence electrons. The zero-order chi connectivity index (χ0) is 16.0. The molecule has 21 heavy (non-hydrogen) atoms. The Morgan fingerprint density at radius 2 is 2.19 bits per heavy atom. The average molecular weight is 298 g/mol. The smallest absolute Gasteiger partial charge is 0.381 e. The summed E-state index contributed by atoms with van der Waals surface area (Å²) in [6, 6.07) is -0.709. The number of methoxy groups -OCH3 is 1. The maximum Gasteiger partial charge on any atom is 0.381 e. The SMILES string of the molecule is COC(=O)C(NC(=O)CCn1cnc([N+](=O)[O-])c1)C(C)C. The third kappa shape index (κ3) is 4.86. The van der Waals surface area contributed by atoms with Crippen molar-refractivity contribution in [3.05, 3.63) is 22.6 Å². The van der Waals surface area contributed by atoms with E-state index in [2.05, 4.69) is 15.0 Å². The molecule has 9 nitrogen and oxygen atoms in total. The highest BCUT2D eigenvalue weighted by atomic mass is 16.6. The van der Waals surface area contributed by atoms with Gasteiger partial charge in [0.15, 0.2) is 0 Å². The molecule has 0 saturated carbocycles. The van der Waals surface area contributed by atoms with E-state index in [0.29, 0.717) is 0 Å². The molecule has 0 aliphatic carbocycles. The second-order valence-electron chi connectivity index (χ2n) is 4.79. The number of hydrogen-bond donors (Lipinski definition) is 1. The van der Waals surface area contributed by atoms with Gasteiger partial charge in [0.25, 0.3) is 0 Å². The fraction of sp³-hybridized carbons (Fsp3) is 0.583.